The van der Waals surface area contributed by atoms with Gasteiger partial charge in [0.25, 0.3) is 0 Å². The van der Waals surface area contributed by atoms with Gasteiger partial charge in [-0.1, -0.05) is 72.4 Å². The molecule has 0 aliphatic rings. The van der Waals surface area contributed by atoms with E-state index in [1.807, 2.05) is 36.4 Å². The zero-order valence-electron chi connectivity index (χ0n) is 12.8. The highest BCUT2D eigenvalue weighted by Crippen LogP contribution is 2.41. The molecule has 118 valence electrons. The first kappa shape index (κ1) is 14.7. The number of benzene rings is 2. The number of nitrogens with zero attached hydrogens (tertiary/aromatic N) is 3. The second-order valence-electron chi connectivity index (χ2n) is 5.31. The minimum atomic E-state index is 0.105. The lowest BCUT2D eigenvalue weighted by atomic mass is 10.0. The number of rotatable bonds is 4. The van der Waals surface area contributed by atoms with Gasteiger partial charge >= 0.3 is 0 Å². The van der Waals surface area contributed by atoms with Crippen LogP contribution in [-0.4, -0.2) is 19.9 Å². The third-order valence-electron chi connectivity index (χ3n) is 3.70. The average molecular weight is 333 g/mol. The smallest absolute Gasteiger partial charge is 0.223 e. The molecule has 2 aromatic heterocycles. The lowest BCUT2D eigenvalue weighted by molar-refractivity contribution is 1.08. The van der Waals surface area contributed by atoms with Crippen LogP contribution in [0.25, 0.3) is 11.2 Å². The number of H-pyrrole nitrogens is 1. The van der Waals surface area contributed by atoms with Crippen LogP contribution in [0.5, 0.6) is 0 Å². The number of aromatic nitrogens is 4. The maximum absolute atomic E-state index is 5.85. The summed E-state index contributed by atoms with van der Waals surface area (Å²) in [6.45, 7) is 0. The molecule has 0 bridgehead atoms. The van der Waals surface area contributed by atoms with Gasteiger partial charge in [0, 0.05) is 0 Å². The van der Waals surface area contributed by atoms with Gasteiger partial charge < -0.3 is 10.7 Å². The quantitative estimate of drug-likeness (QED) is 0.438. The standard InChI is InChI=1S/C18H15N5S/c19-18-22-16-14(20-11-21-16)17(23-18)24-15(12-7-3-1-4-8-12)13-9-5-2-6-10-13/h1-11,15H,(H3,19,20,21,22,23). The molecule has 0 fully saturated rings. The van der Waals surface area contributed by atoms with Crippen LogP contribution in [0.2, 0.25) is 0 Å². The van der Waals surface area contributed by atoms with E-state index >= 15 is 0 Å². The summed E-state index contributed by atoms with van der Waals surface area (Å²) in [6, 6.07) is 20.7. The third-order valence-corrected chi connectivity index (χ3v) is 5.00. The number of nitrogens with one attached hydrogen (secondary N) is 1. The Kier molecular flexibility index (Phi) is 3.88. The highest BCUT2D eigenvalue weighted by molar-refractivity contribution is 7.99. The van der Waals surface area contributed by atoms with E-state index in [1.165, 1.54) is 11.1 Å². The Hall–Kier alpha value is -2.86. The van der Waals surface area contributed by atoms with E-state index in [0.717, 1.165) is 10.5 Å². The fraction of sp³-hybridized carbons (Fsp3) is 0.0556. The van der Waals surface area contributed by atoms with Gasteiger partial charge in [-0.2, -0.15) is 4.98 Å². The monoisotopic (exact) mass is 333 g/mol. The van der Waals surface area contributed by atoms with Crippen LogP contribution in [0.4, 0.5) is 5.95 Å². The number of nitrogen functional groups attached to an aromatic ring is 1. The Morgan fingerprint density at radius 2 is 1.50 bits per heavy atom. The van der Waals surface area contributed by atoms with Crippen LogP contribution in [0.1, 0.15) is 16.4 Å². The maximum atomic E-state index is 5.85. The number of hydrogen-bond acceptors (Lipinski definition) is 5. The minimum absolute atomic E-state index is 0.105. The Bertz CT molecular complexity index is 913. The maximum Gasteiger partial charge on any atom is 0.223 e. The lowest BCUT2D eigenvalue weighted by Gasteiger charge is -2.17. The molecule has 6 heteroatoms. The van der Waals surface area contributed by atoms with Crippen LogP contribution in [0, 0.1) is 0 Å². The second-order valence-corrected chi connectivity index (χ2v) is 6.40. The van der Waals surface area contributed by atoms with Crippen molar-refractivity contribution in [3.8, 4) is 0 Å². The topological polar surface area (TPSA) is 80.5 Å². The molecule has 0 saturated heterocycles. The molecule has 5 nitrogen and oxygen atoms in total. The number of thioether (sulfide) groups is 1. The number of nitrogens with two attached hydrogens (primary N) is 1. The van der Waals surface area contributed by atoms with E-state index in [-0.39, 0.29) is 11.2 Å². The van der Waals surface area contributed by atoms with Crippen molar-refractivity contribution in [2.45, 2.75) is 10.3 Å². The lowest BCUT2D eigenvalue weighted by Crippen LogP contribution is -2.01. The summed E-state index contributed by atoms with van der Waals surface area (Å²) in [5.74, 6) is 0.233. The van der Waals surface area contributed by atoms with Gasteiger partial charge in [-0.05, 0) is 11.1 Å². The number of anilines is 1. The van der Waals surface area contributed by atoms with Crippen LogP contribution < -0.4 is 5.73 Å². The van der Waals surface area contributed by atoms with Crippen molar-refractivity contribution in [1.29, 1.82) is 0 Å². The summed E-state index contributed by atoms with van der Waals surface area (Å²) in [5, 5.41) is 0.904. The molecule has 0 spiro atoms. The Labute approximate surface area is 143 Å². The average Bonchev–Trinajstić information content (AvgIpc) is 3.09. The molecule has 4 rings (SSSR count). The van der Waals surface area contributed by atoms with Crippen molar-refractivity contribution in [2.75, 3.05) is 5.73 Å². The largest absolute Gasteiger partial charge is 0.368 e. The van der Waals surface area contributed by atoms with Crippen molar-refractivity contribution in [1.82, 2.24) is 19.9 Å². The van der Waals surface area contributed by atoms with Crippen LogP contribution in [-0.2, 0) is 0 Å². The number of hydrogen-bond donors (Lipinski definition) is 2. The van der Waals surface area contributed by atoms with E-state index in [4.69, 9.17) is 5.73 Å². The van der Waals surface area contributed by atoms with Crippen LogP contribution in [0.3, 0.4) is 0 Å². The molecule has 24 heavy (non-hydrogen) atoms. The first-order valence-electron chi connectivity index (χ1n) is 7.54. The third kappa shape index (κ3) is 2.83. The molecular formula is C18H15N5S. The molecule has 0 radical (unpaired) electrons. The molecule has 0 aliphatic heterocycles. The summed E-state index contributed by atoms with van der Waals surface area (Å²) < 4.78 is 0. The Morgan fingerprint density at radius 3 is 2.12 bits per heavy atom. The van der Waals surface area contributed by atoms with Gasteiger partial charge in [-0.3, -0.25) is 0 Å². The highest BCUT2D eigenvalue weighted by atomic mass is 32.2. The summed E-state index contributed by atoms with van der Waals surface area (Å²) in [7, 11) is 0. The molecule has 2 aromatic carbocycles. The first-order chi connectivity index (χ1) is 11.8. The normalized spacial score (nSPS) is 11.2. The van der Waals surface area contributed by atoms with Gasteiger partial charge in [0.15, 0.2) is 5.65 Å². The minimum Gasteiger partial charge on any atom is -0.368 e. The van der Waals surface area contributed by atoms with Crippen molar-refractivity contribution in [3.05, 3.63) is 78.1 Å². The van der Waals surface area contributed by atoms with Gasteiger partial charge in [-0.25, -0.2) is 9.97 Å². The molecule has 0 saturated carbocycles. The van der Waals surface area contributed by atoms with Crippen molar-refractivity contribution < 1.29 is 0 Å². The number of imidazole rings is 1. The van der Waals surface area contributed by atoms with E-state index in [9.17, 15) is 0 Å². The van der Waals surface area contributed by atoms with Crippen molar-refractivity contribution >= 4 is 28.9 Å². The van der Waals surface area contributed by atoms with E-state index in [1.54, 1.807) is 18.1 Å². The molecule has 0 unspecified atom stereocenters. The van der Waals surface area contributed by atoms with E-state index in [2.05, 4.69) is 44.2 Å². The van der Waals surface area contributed by atoms with Crippen LogP contribution in [0.15, 0.2) is 72.0 Å². The molecule has 4 aromatic rings. The zero-order chi connectivity index (χ0) is 16.4. The highest BCUT2D eigenvalue weighted by Gasteiger charge is 2.19. The fourth-order valence-corrected chi connectivity index (χ4v) is 3.83. The van der Waals surface area contributed by atoms with Crippen molar-refractivity contribution in [3.63, 3.8) is 0 Å². The van der Waals surface area contributed by atoms with E-state index < -0.39 is 0 Å². The zero-order valence-corrected chi connectivity index (χ0v) is 13.6. The summed E-state index contributed by atoms with van der Waals surface area (Å²) in [6.07, 6.45) is 1.61. The van der Waals surface area contributed by atoms with Gasteiger partial charge in [0.2, 0.25) is 5.95 Å². The molecule has 3 N–H and O–H groups in total. The number of aromatic amines is 1. The van der Waals surface area contributed by atoms with Gasteiger partial charge in [0.05, 0.1) is 11.6 Å². The van der Waals surface area contributed by atoms with Crippen molar-refractivity contribution in [2.24, 2.45) is 0 Å². The molecule has 0 atom stereocenters. The summed E-state index contributed by atoms with van der Waals surface area (Å²) >= 11 is 1.64. The predicted molar refractivity (Wildman–Crippen MR) is 96.7 cm³/mol. The Balaban J connectivity index is 1.81. The summed E-state index contributed by atoms with van der Waals surface area (Å²) in [4.78, 5) is 15.9. The molecular weight excluding hydrogens is 318 g/mol. The molecule has 0 amide bonds. The predicted octanol–water partition coefficient (Wildman–Crippen LogP) is 3.82. The van der Waals surface area contributed by atoms with Crippen LogP contribution >= 0.6 is 11.8 Å². The second kappa shape index (κ2) is 6.33. The van der Waals surface area contributed by atoms with E-state index in [0.29, 0.717) is 5.65 Å². The Morgan fingerprint density at radius 1 is 0.875 bits per heavy atom. The van der Waals surface area contributed by atoms with Gasteiger partial charge in [-0.15, -0.1) is 0 Å². The van der Waals surface area contributed by atoms with Gasteiger partial charge in [0.1, 0.15) is 10.5 Å². The first-order valence-corrected chi connectivity index (χ1v) is 8.42. The summed E-state index contributed by atoms with van der Waals surface area (Å²) in [5.41, 5.74) is 9.66. The fourth-order valence-electron chi connectivity index (χ4n) is 2.60. The molecule has 2 heterocycles. The SMILES string of the molecule is Nc1nc(SC(c2ccccc2)c2ccccc2)c2[nH]cnc2n1. The molecule has 0 aliphatic carbocycles. The number of fused-ring (bicyclic) bond motifs is 1.